The van der Waals surface area contributed by atoms with Gasteiger partial charge in [0.25, 0.3) is 17.7 Å². The Hall–Kier alpha value is -2.95. The van der Waals surface area contributed by atoms with E-state index in [2.05, 4.69) is 5.32 Å². The Morgan fingerprint density at radius 3 is 2.31 bits per heavy atom. The second-order valence-electron chi connectivity index (χ2n) is 7.13. The summed E-state index contributed by atoms with van der Waals surface area (Å²) in [5.41, 5.74) is 1.55. The van der Waals surface area contributed by atoms with Gasteiger partial charge >= 0.3 is 0 Å². The van der Waals surface area contributed by atoms with Crippen LogP contribution in [0.15, 0.2) is 48.5 Å². The molecule has 1 heterocycles. The largest absolute Gasteiger partial charge is 0.347 e. The number of imide groups is 1. The molecule has 0 unspecified atom stereocenters. The minimum atomic E-state index is -0.363. The maximum atomic E-state index is 12.7. The van der Waals surface area contributed by atoms with Gasteiger partial charge in [-0.25, -0.2) is 0 Å². The smallest absolute Gasteiger partial charge is 0.261 e. The van der Waals surface area contributed by atoms with Crippen LogP contribution >= 0.6 is 0 Å². The van der Waals surface area contributed by atoms with Gasteiger partial charge in [-0.05, 0) is 44.0 Å². The minimum Gasteiger partial charge on any atom is -0.347 e. The summed E-state index contributed by atoms with van der Waals surface area (Å²) in [6.07, 6.45) is 0.784. The van der Waals surface area contributed by atoms with Gasteiger partial charge in [0, 0.05) is 11.1 Å². The molecule has 26 heavy (non-hydrogen) atoms. The molecular weight excluding hydrogens is 328 g/mol. The zero-order valence-electron chi connectivity index (χ0n) is 15.2. The average molecular weight is 350 g/mol. The van der Waals surface area contributed by atoms with E-state index in [9.17, 15) is 14.4 Å². The molecule has 0 spiro atoms. The van der Waals surface area contributed by atoms with Crippen LogP contribution in [0.2, 0.25) is 0 Å². The molecule has 5 nitrogen and oxygen atoms in total. The molecule has 3 amide bonds. The quantitative estimate of drug-likeness (QED) is 0.841. The molecule has 0 bridgehead atoms. The summed E-state index contributed by atoms with van der Waals surface area (Å²) in [6, 6.07) is 14.0. The molecule has 3 rings (SSSR count). The number of nitrogens with zero attached hydrogens (tertiary/aromatic N) is 1. The van der Waals surface area contributed by atoms with Gasteiger partial charge in [0.2, 0.25) is 0 Å². The highest BCUT2D eigenvalue weighted by Crippen LogP contribution is 2.26. The Morgan fingerprint density at radius 2 is 1.65 bits per heavy atom. The molecule has 0 radical (unpaired) electrons. The van der Waals surface area contributed by atoms with Gasteiger partial charge in [-0.3, -0.25) is 19.3 Å². The van der Waals surface area contributed by atoms with E-state index in [-0.39, 0.29) is 35.4 Å². The summed E-state index contributed by atoms with van der Waals surface area (Å²) in [6.45, 7) is 6.09. The van der Waals surface area contributed by atoms with Crippen molar-refractivity contribution in [2.24, 2.45) is 0 Å². The molecule has 2 aromatic carbocycles. The van der Waals surface area contributed by atoms with Crippen molar-refractivity contribution >= 4 is 17.7 Å². The fourth-order valence-corrected chi connectivity index (χ4v) is 2.81. The first-order valence-corrected chi connectivity index (χ1v) is 8.69. The van der Waals surface area contributed by atoms with Crippen molar-refractivity contribution in [1.29, 1.82) is 0 Å². The van der Waals surface area contributed by atoms with Crippen LogP contribution in [0, 0.1) is 0 Å². The molecule has 2 aromatic rings. The lowest BCUT2D eigenvalue weighted by atomic mass is 10.00. The highest BCUT2D eigenvalue weighted by atomic mass is 16.2. The summed E-state index contributed by atoms with van der Waals surface area (Å²) >= 11 is 0. The van der Waals surface area contributed by atoms with E-state index >= 15 is 0 Å². The van der Waals surface area contributed by atoms with Crippen molar-refractivity contribution in [3.8, 4) is 0 Å². The monoisotopic (exact) mass is 350 g/mol. The number of carbonyl (C=O) groups is 3. The molecule has 0 aliphatic carbocycles. The summed E-state index contributed by atoms with van der Waals surface area (Å²) < 4.78 is 0. The van der Waals surface area contributed by atoms with E-state index in [1.807, 2.05) is 51.1 Å². The molecule has 5 heteroatoms. The Kier molecular flexibility index (Phi) is 4.64. The van der Waals surface area contributed by atoms with Crippen LogP contribution in [0.1, 0.15) is 63.8 Å². The van der Waals surface area contributed by atoms with E-state index in [0.29, 0.717) is 11.1 Å². The third-order valence-corrected chi connectivity index (χ3v) is 4.75. The molecule has 134 valence electrons. The van der Waals surface area contributed by atoms with Gasteiger partial charge in [0.15, 0.2) is 0 Å². The molecule has 0 saturated carbocycles. The van der Waals surface area contributed by atoms with Crippen molar-refractivity contribution in [3.63, 3.8) is 0 Å². The lowest BCUT2D eigenvalue weighted by molar-refractivity contribution is 0.0642. The number of nitrogens with one attached hydrogen (secondary N) is 1. The van der Waals surface area contributed by atoms with Crippen LogP contribution in [0.4, 0.5) is 0 Å². The van der Waals surface area contributed by atoms with Gasteiger partial charge in [0.05, 0.1) is 17.7 Å². The predicted octanol–water partition coefficient (Wildman–Crippen LogP) is 3.40. The van der Waals surface area contributed by atoms with Crippen LogP contribution in [0.3, 0.4) is 0 Å². The highest BCUT2D eigenvalue weighted by Gasteiger charge is 2.36. The van der Waals surface area contributed by atoms with Crippen LogP contribution in [0.5, 0.6) is 0 Å². The lowest BCUT2D eigenvalue weighted by Crippen LogP contribution is -2.42. The molecule has 1 aliphatic heterocycles. The van der Waals surface area contributed by atoms with Gasteiger partial charge in [0.1, 0.15) is 0 Å². The Labute approximate surface area is 153 Å². The van der Waals surface area contributed by atoms with Crippen LogP contribution in [-0.4, -0.2) is 28.2 Å². The first-order chi connectivity index (χ1) is 12.3. The predicted molar refractivity (Wildman–Crippen MR) is 98.9 cm³/mol. The average Bonchev–Trinajstić information content (AvgIpc) is 2.87. The fourth-order valence-electron chi connectivity index (χ4n) is 2.81. The SMILES string of the molecule is CCC(C)(C)NC(=O)c1ccc2c(c1)C(=O)N(Cc1ccccc1)C2=O. The van der Waals surface area contributed by atoms with Crippen molar-refractivity contribution < 1.29 is 14.4 Å². The molecule has 1 aliphatic rings. The summed E-state index contributed by atoms with van der Waals surface area (Å²) in [5, 5.41) is 2.94. The van der Waals surface area contributed by atoms with Crippen molar-refractivity contribution in [1.82, 2.24) is 10.2 Å². The van der Waals surface area contributed by atoms with Crippen LogP contribution < -0.4 is 5.32 Å². The third-order valence-electron chi connectivity index (χ3n) is 4.75. The number of hydrogen-bond donors (Lipinski definition) is 1. The Bertz CT molecular complexity index is 872. The number of carbonyl (C=O) groups excluding carboxylic acids is 3. The summed E-state index contributed by atoms with van der Waals surface area (Å²) in [5.74, 6) is -0.936. The Morgan fingerprint density at radius 1 is 1.00 bits per heavy atom. The van der Waals surface area contributed by atoms with E-state index in [1.165, 1.54) is 11.0 Å². The van der Waals surface area contributed by atoms with Gasteiger partial charge in [-0.15, -0.1) is 0 Å². The van der Waals surface area contributed by atoms with Crippen LogP contribution in [0.25, 0.3) is 0 Å². The fraction of sp³-hybridized carbons (Fsp3) is 0.286. The lowest BCUT2D eigenvalue weighted by Gasteiger charge is -2.24. The van der Waals surface area contributed by atoms with Crippen molar-refractivity contribution in [2.45, 2.75) is 39.3 Å². The van der Waals surface area contributed by atoms with Crippen molar-refractivity contribution in [2.75, 3.05) is 0 Å². The maximum Gasteiger partial charge on any atom is 0.261 e. The summed E-state index contributed by atoms with van der Waals surface area (Å²) in [7, 11) is 0. The molecule has 0 aromatic heterocycles. The first kappa shape index (κ1) is 17.9. The van der Waals surface area contributed by atoms with Gasteiger partial charge in [-0.2, -0.15) is 0 Å². The molecule has 0 atom stereocenters. The molecular formula is C21H22N2O3. The minimum absolute atomic E-state index is 0.220. The van der Waals surface area contributed by atoms with Gasteiger partial charge in [-0.1, -0.05) is 37.3 Å². The highest BCUT2D eigenvalue weighted by molar-refractivity contribution is 6.22. The van der Waals surface area contributed by atoms with Gasteiger partial charge < -0.3 is 5.32 Å². The van der Waals surface area contributed by atoms with E-state index in [0.717, 1.165) is 12.0 Å². The number of hydrogen-bond acceptors (Lipinski definition) is 3. The second-order valence-corrected chi connectivity index (χ2v) is 7.13. The Balaban J connectivity index is 1.85. The normalized spacial score (nSPS) is 13.7. The second kappa shape index (κ2) is 6.75. The van der Waals surface area contributed by atoms with Crippen LogP contribution in [-0.2, 0) is 6.54 Å². The van der Waals surface area contributed by atoms with E-state index in [4.69, 9.17) is 0 Å². The summed E-state index contributed by atoms with van der Waals surface area (Å²) in [4.78, 5) is 39.0. The zero-order chi connectivity index (χ0) is 18.9. The first-order valence-electron chi connectivity index (χ1n) is 8.69. The maximum absolute atomic E-state index is 12.7. The molecule has 1 N–H and O–H groups in total. The number of fused-ring (bicyclic) bond motifs is 1. The number of amides is 3. The topological polar surface area (TPSA) is 66.5 Å². The third kappa shape index (κ3) is 3.38. The number of benzene rings is 2. The van der Waals surface area contributed by atoms with Crippen molar-refractivity contribution in [3.05, 3.63) is 70.8 Å². The number of rotatable bonds is 5. The van der Waals surface area contributed by atoms with E-state index < -0.39 is 0 Å². The standard InChI is InChI=1S/C21H22N2O3/c1-4-21(2,3)22-18(24)15-10-11-16-17(12-15)20(26)23(19(16)25)13-14-8-6-5-7-9-14/h5-12H,4,13H2,1-3H3,(H,22,24). The molecule has 0 saturated heterocycles. The van der Waals surface area contributed by atoms with E-state index in [1.54, 1.807) is 12.1 Å². The zero-order valence-corrected chi connectivity index (χ0v) is 15.2. The molecule has 0 fully saturated rings.